The largest absolute Gasteiger partial charge is 0.354 e. The number of carbonyl (C=O) groups is 1. The summed E-state index contributed by atoms with van der Waals surface area (Å²) in [5, 5.41) is 3.19. The van der Waals surface area contributed by atoms with E-state index >= 15 is 0 Å². The summed E-state index contributed by atoms with van der Waals surface area (Å²) in [4.78, 5) is 14.3. The van der Waals surface area contributed by atoms with E-state index < -0.39 is 5.82 Å². The van der Waals surface area contributed by atoms with Crippen LogP contribution in [-0.4, -0.2) is 36.5 Å². The molecule has 2 rings (SSSR count). The first-order valence-electron chi connectivity index (χ1n) is 7.05. The summed E-state index contributed by atoms with van der Waals surface area (Å²) in [6.07, 6.45) is 2.27. The van der Waals surface area contributed by atoms with Crippen molar-refractivity contribution in [3.63, 3.8) is 0 Å². The first-order chi connectivity index (χ1) is 9.61. The first-order valence-corrected chi connectivity index (χ1v) is 7.43. The highest BCUT2D eigenvalue weighted by molar-refractivity contribution is 6.31. The molecule has 0 aromatic heterocycles. The minimum Gasteiger partial charge on any atom is -0.354 e. The Morgan fingerprint density at radius 3 is 3.05 bits per heavy atom. The van der Waals surface area contributed by atoms with E-state index in [0.29, 0.717) is 17.6 Å². The maximum absolute atomic E-state index is 13.6. The van der Waals surface area contributed by atoms with Crippen molar-refractivity contribution >= 4 is 17.5 Å². The van der Waals surface area contributed by atoms with Crippen LogP contribution in [0.1, 0.15) is 25.3 Å². The summed E-state index contributed by atoms with van der Waals surface area (Å²) in [5.74, 6) is -0.608. The quantitative estimate of drug-likeness (QED) is 0.906. The van der Waals surface area contributed by atoms with E-state index in [1.165, 1.54) is 18.6 Å². The molecule has 0 spiro atoms. The zero-order valence-corrected chi connectivity index (χ0v) is 12.4. The number of hydrogen-bond acceptors (Lipinski definition) is 2. The van der Waals surface area contributed by atoms with Gasteiger partial charge in [0, 0.05) is 23.2 Å². The van der Waals surface area contributed by atoms with E-state index in [0.717, 1.165) is 19.5 Å². The molecule has 110 valence electrons. The third kappa shape index (κ3) is 3.70. The van der Waals surface area contributed by atoms with Gasteiger partial charge in [0.05, 0.1) is 6.42 Å². The molecule has 1 aromatic carbocycles. The summed E-state index contributed by atoms with van der Waals surface area (Å²) in [5.41, 5.74) is 0.269. The average molecular weight is 299 g/mol. The van der Waals surface area contributed by atoms with Crippen molar-refractivity contribution in [2.24, 2.45) is 0 Å². The van der Waals surface area contributed by atoms with Gasteiger partial charge in [0.15, 0.2) is 0 Å². The van der Waals surface area contributed by atoms with Crippen LogP contribution in [0.4, 0.5) is 4.39 Å². The molecule has 1 aromatic rings. The zero-order valence-electron chi connectivity index (χ0n) is 11.7. The third-order valence-corrected chi connectivity index (χ3v) is 4.19. The van der Waals surface area contributed by atoms with Crippen LogP contribution in [0.25, 0.3) is 0 Å². The standard InChI is InChI=1S/C15H20ClFN2O/c1-2-19-8-4-5-11(19)10-18-15(20)9-12-13(16)6-3-7-14(12)17/h3,6-7,11H,2,4-5,8-10H2,1H3,(H,18,20). The fourth-order valence-electron chi connectivity index (χ4n) is 2.70. The lowest BCUT2D eigenvalue weighted by molar-refractivity contribution is -0.120. The van der Waals surface area contributed by atoms with Crippen LogP contribution in [0.3, 0.4) is 0 Å². The predicted octanol–water partition coefficient (Wildman–Crippen LogP) is 2.62. The Labute approximate surface area is 124 Å². The van der Waals surface area contributed by atoms with Gasteiger partial charge in [-0.3, -0.25) is 9.69 Å². The number of likely N-dealkylation sites (N-methyl/N-ethyl adjacent to an activating group) is 1. The van der Waals surface area contributed by atoms with Crippen molar-refractivity contribution in [1.82, 2.24) is 10.2 Å². The molecular formula is C15H20ClFN2O. The molecule has 0 saturated carbocycles. The van der Waals surface area contributed by atoms with Crippen molar-refractivity contribution in [1.29, 1.82) is 0 Å². The molecule has 1 atom stereocenters. The van der Waals surface area contributed by atoms with Gasteiger partial charge in [-0.1, -0.05) is 24.6 Å². The lowest BCUT2D eigenvalue weighted by Gasteiger charge is -2.22. The summed E-state index contributed by atoms with van der Waals surface area (Å²) in [7, 11) is 0. The summed E-state index contributed by atoms with van der Waals surface area (Å²) in [6, 6.07) is 4.87. The van der Waals surface area contributed by atoms with E-state index in [1.807, 2.05) is 0 Å². The predicted molar refractivity (Wildman–Crippen MR) is 78.4 cm³/mol. The molecule has 0 bridgehead atoms. The fourth-order valence-corrected chi connectivity index (χ4v) is 2.93. The average Bonchev–Trinajstić information content (AvgIpc) is 2.88. The Hall–Kier alpha value is -1.13. The first kappa shape index (κ1) is 15.3. The van der Waals surface area contributed by atoms with E-state index in [9.17, 15) is 9.18 Å². The van der Waals surface area contributed by atoms with Gasteiger partial charge in [-0.2, -0.15) is 0 Å². The second-order valence-electron chi connectivity index (χ2n) is 5.11. The van der Waals surface area contributed by atoms with Crippen molar-refractivity contribution in [3.05, 3.63) is 34.6 Å². The number of rotatable bonds is 5. The Balaban J connectivity index is 1.87. The SMILES string of the molecule is CCN1CCCC1CNC(=O)Cc1c(F)cccc1Cl. The molecule has 1 unspecified atom stereocenters. The molecule has 0 radical (unpaired) electrons. The van der Waals surface area contributed by atoms with Crippen LogP contribution >= 0.6 is 11.6 Å². The van der Waals surface area contributed by atoms with E-state index in [-0.39, 0.29) is 17.9 Å². The lowest BCUT2D eigenvalue weighted by Crippen LogP contribution is -2.40. The lowest BCUT2D eigenvalue weighted by atomic mass is 10.1. The number of amides is 1. The Morgan fingerprint density at radius 2 is 2.35 bits per heavy atom. The second kappa shape index (κ2) is 7.04. The molecule has 1 aliphatic rings. The Morgan fingerprint density at radius 1 is 1.55 bits per heavy atom. The Bertz CT molecular complexity index is 461. The van der Waals surface area contributed by atoms with Gasteiger partial charge in [0.2, 0.25) is 5.91 Å². The minimum atomic E-state index is -0.427. The van der Waals surface area contributed by atoms with Gasteiger partial charge in [-0.05, 0) is 38.1 Å². The molecule has 1 amide bonds. The maximum atomic E-state index is 13.6. The van der Waals surface area contributed by atoms with Crippen LogP contribution in [0.5, 0.6) is 0 Å². The molecule has 20 heavy (non-hydrogen) atoms. The normalized spacial score (nSPS) is 19.2. The molecule has 1 heterocycles. The van der Waals surface area contributed by atoms with Crippen molar-refractivity contribution in [3.8, 4) is 0 Å². The smallest absolute Gasteiger partial charge is 0.224 e. The van der Waals surface area contributed by atoms with Crippen molar-refractivity contribution in [2.45, 2.75) is 32.2 Å². The highest BCUT2D eigenvalue weighted by Gasteiger charge is 2.23. The van der Waals surface area contributed by atoms with E-state index in [4.69, 9.17) is 11.6 Å². The number of nitrogens with zero attached hydrogens (tertiary/aromatic N) is 1. The molecule has 1 aliphatic heterocycles. The van der Waals surface area contributed by atoms with Gasteiger partial charge in [-0.25, -0.2) is 4.39 Å². The number of likely N-dealkylation sites (tertiary alicyclic amines) is 1. The van der Waals surface area contributed by atoms with Crippen LogP contribution in [0, 0.1) is 5.82 Å². The summed E-state index contributed by atoms with van der Waals surface area (Å²) in [6.45, 7) is 4.84. The molecule has 5 heteroatoms. The van der Waals surface area contributed by atoms with Crippen LogP contribution in [0.15, 0.2) is 18.2 Å². The number of nitrogens with one attached hydrogen (secondary N) is 1. The molecule has 3 nitrogen and oxygen atoms in total. The molecular weight excluding hydrogens is 279 g/mol. The topological polar surface area (TPSA) is 32.3 Å². The van der Waals surface area contributed by atoms with E-state index in [1.54, 1.807) is 6.07 Å². The van der Waals surface area contributed by atoms with Crippen LogP contribution in [0.2, 0.25) is 5.02 Å². The van der Waals surface area contributed by atoms with Crippen LogP contribution in [-0.2, 0) is 11.2 Å². The number of halogens is 2. The van der Waals surface area contributed by atoms with Gasteiger partial charge in [0.25, 0.3) is 0 Å². The molecule has 1 fully saturated rings. The van der Waals surface area contributed by atoms with Gasteiger partial charge < -0.3 is 5.32 Å². The number of benzene rings is 1. The highest BCUT2D eigenvalue weighted by atomic mass is 35.5. The van der Waals surface area contributed by atoms with Gasteiger partial charge >= 0.3 is 0 Å². The second-order valence-corrected chi connectivity index (χ2v) is 5.51. The summed E-state index contributed by atoms with van der Waals surface area (Å²) >= 11 is 5.92. The fraction of sp³-hybridized carbons (Fsp3) is 0.533. The molecule has 1 N–H and O–H groups in total. The van der Waals surface area contributed by atoms with Crippen molar-refractivity contribution < 1.29 is 9.18 Å². The Kier molecular flexibility index (Phi) is 5.38. The highest BCUT2D eigenvalue weighted by Crippen LogP contribution is 2.19. The van der Waals surface area contributed by atoms with Crippen LogP contribution < -0.4 is 5.32 Å². The number of carbonyl (C=O) groups excluding carboxylic acids is 1. The van der Waals surface area contributed by atoms with E-state index in [2.05, 4.69) is 17.1 Å². The molecule has 0 aliphatic carbocycles. The summed E-state index contributed by atoms with van der Waals surface area (Å²) < 4.78 is 13.6. The number of hydrogen-bond donors (Lipinski definition) is 1. The molecule has 1 saturated heterocycles. The van der Waals surface area contributed by atoms with Crippen molar-refractivity contribution in [2.75, 3.05) is 19.6 Å². The van der Waals surface area contributed by atoms with Gasteiger partial charge in [-0.15, -0.1) is 0 Å². The zero-order chi connectivity index (χ0) is 14.5. The minimum absolute atomic E-state index is 0.00957. The maximum Gasteiger partial charge on any atom is 0.224 e. The monoisotopic (exact) mass is 298 g/mol. The van der Waals surface area contributed by atoms with Gasteiger partial charge in [0.1, 0.15) is 5.82 Å². The third-order valence-electron chi connectivity index (χ3n) is 3.84.